The summed E-state index contributed by atoms with van der Waals surface area (Å²) >= 11 is 0. The zero-order valence-electron chi connectivity index (χ0n) is 11.3. The fourth-order valence-corrected chi connectivity index (χ4v) is 2.69. The van der Waals surface area contributed by atoms with Gasteiger partial charge in [-0.05, 0) is 42.5 Å². The molecule has 0 heterocycles. The number of aliphatic hydroxyl groups is 1. The number of halogens is 1. The van der Waals surface area contributed by atoms with Crippen LogP contribution >= 0.6 is 0 Å². The van der Waals surface area contributed by atoms with Gasteiger partial charge in [0.05, 0.1) is 0 Å². The van der Waals surface area contributed by atoms with Crippen molar-refractivity contribution in [3.63, 3.8) is 0 Å². The molecule has 0 amide bonds. The van der Waals surface area contributed by atoms with Crippen LogP contribution in [0.5, 0.6) is 5.75 Å². The molecule has 0 fully saturated rings. The van der Waals surface area contributed by atoms with Crippen LogP contribution in [-0.4, -0.2) is 11.2 Å². The van der Waals surface area contributed by atoms with E-state index in [1.165, 1.54) is 12.1 Å². The Labute approximate surface area is 117 Å². The zero-order chi connectivity index (χ0) is 14.1. The summed E-state index contributed by atoms with van der Waals surface area (Å²) in [5, 5.41) is 10.4. The molecule has 0 radical (unpaired) electrons. The maximum absolute atomic E-state index is 13.3. The Bertz CT molecular complexity index is 624. The van der Waals surface area contributed by atoms with Gasteiger partial charge in [0.15, 0.2) is 0 Å². The summed E-state index contributed by atoms with van der Waals surface area (Å²) in [6.07, 6.45) is 0.605. The molecule has 0 saturated heterocycles. The molecule has 0 aliphatic heterocycles. The van der Waals surface area contributed by atoms with Crippen LogP contribution in [0.3, 0.4) is 0 Å². The lowest BCUT2D eigenvalue weighted by Crippen LogP contribution is -2.30. The van der Waals surface area contributed by atoms with Crippen LogP contribution in [0.15, 0.2) is 42.5 Å². The summed E-state index contributed by atoms with van der Waals surface area (Å²) in [5.41, 5.74) is 2.95. The Morgan fingerprint density at radius 1 is 1.20 bits per heavy atom. The molecule has 2 atom stereocenters. The standard InChI is InChI=1S/C17H17FO2/c1-11-6-8-13(18)10-16(11)20-15-9-7-12-4-2-3-5-14(12)17(15)19/h2-6,8,10,15,17,19H,7,9H2,1H3. The van der Waals surface area contributed by atoms with Crippen molar-refractivity contribution in [3.05, 3.63) is 65.0 Å². The number of rotatable bonds is 2. The maximum Gasteiger partial charge on any atom is 0.129 e. The first kappa shape index (κ1) is 13.1. The minimum atomic E-state index is -0.664. The van der Waals surface area contributed by atoms with Gasteiger partial charge < -0.3 is 9.84 Å². The van der Waals surface area contributed by atoms with Gasteiger partial charge >= 0.3 is 0 Å². The van der Waals surface area contributed by atoms with Crippen molar-refractivity contribution in [2.24, 2.45) is 0 Å². The van der Waals surface area contributed by atoms with Crippen molar-refractivity contribution in [3.8, 4) is 5.75 Å². The van der Waals surface area contributed by atoms with Gasteiger partial charge in [0.25, 0.3) is 0 Å². The lowest BCUT2D eigenvalue weighted by atomic mass is 9.87. The van der Waals surface area contributed by atoms with Crippen LogP contribution in [0.2, 0.25) is 0 Å². The molecule has 0 bridgehead atoms. The lowest BCUT2D eigenvalue weighted by Gasteiger charge is -2.30. The van der Waals surface area contributed by atoms with Gasteiger partial charge in [0.2, 0.25) is 0 Å². The second-order valence-electron chi connectivity index (χ2n) is 5.25. The highest BCUT2D eigenvalue weighted by Gasteiger charge is 2.29. The average molecular weight is 272 g/mol. The van der Waals surface area contributed by atoms with Gasteiger partial charge in [-0.1, -0.05) is 30.3 Å². The minimum absolute atomic E-state index is 0.323. The third-order valence-corrected chi connectivity index (χ3v) is 3.85. The van der Waals surface area contributed by atoms with Gasteiger partial charge in [-0.3, -0.25) is 0 Å². The summed E-state index contributed by atoms with van der Waals surface area (Å²) < 4.78 is 19.1. The van der Waals surface area contributed by atoms with E-state index in [9.17, 15) is 9.50 Å². The number of hydrogen-bond acceptors (Lipinski definition) is 2. The molecule has 2 aromatic rings. The van der Waals surface area contributed by atoms with Crippen LogP contribution in [0.4, 0.5) is 4.39 Å². The number of hydrogen-bond donors (Lipinski definition) is 1. The van der Waals surface area contributed by atoms with Gasteiger partial charge in [0.1, 0.15) is 23.8 Å². The second kappa shape index (κ2) is 5.25. The molecule has 3 heteroatoms. The van der Waals surface area contributed by atoms with Crippen LogP contribution in [0, 0.1) is 12.7 Å². The molecule has 3 rings (SSSR count). The van der Waals surface area contributed by atoms with E-state index >= 15 is 0 Å². The third kappa shape index (κ3) is 2.41. The highest BCUT2D eigenvalue weighted by Crippen LogP contribution is 2.33. The highest BCUT2D eigenvalue weighted by molar-refractivity contribution is 5.35. The molecular weight excluding hydrogens is 255 g/mol. The maximum atomic E-state index is 13.3. The van der Waals surface area contributed by atoms with Gasteiger partial charge in [-0.15, -0.1) is 0 Å². The fraction of sp³-hybridized carbons (Fsp3) is 0.294. The average Bonchev–Trinajstić information content (AvgIpc) is 2.46. The zero-order valence-corrected chi connectivity index (χ0v) is 11.3. The van der Waals surface area contributed by atoms with Gasteiger partial charge in [-0.2, -0.15) is 0 Å². The van der Waals surface area contributed by atoms with Crippen LogP contribution in [0.25, 0.3) is 0 Å². The first-order valence-corrected chi connectivity index (χ1v) is 6.84. The molecule has 1 aliphatic carbocycles. The van der Waals surface area contributed by atoms with Crippen molar-refractivity contribution in [1.29, 1.82) is 0 Å². The molecule has 2 nitrogen and oxygen atoms in total. The highest BCUT2D eigenvalue weighted by atomic mass is 19.1. The van der Waals surface area contributed by atoms with Crippen LogP contribution < -0.4 is 4.74 Å². The first-order chi connectivity index (χ1) is 9.65. The number of ether oxygens (including phenoxy) is 1. The summed E-state index contributed by atoms with van der Waals surface area (Å²) in [6, 6.07) is 12.3. The first-order valence-electron chi connectivity index (χ1n) is 6.84. The number of aliphatic hydroxyl groups excluding tert-OH is 1. The lowest BCUT2D eigenvalue weighted by molar-refractivity contribution is 0.0225. The number of benzene rings is 2. The molecule has 1 N–H and O–H groups in total. The molecule has 1 aliphatic rings. The molecule has 2 aromatic carbocycles. The van der Waals surface area contributed by atoms with Crippen molar-refractivity contribution in [1.82, 2.24) is 0 Å². The Balaban J connectivity index is 1.84. The normalized spacial score (nSPS) is 21.4. The molecule has 0 saturated carbocycles. The Hall–Kier alpha value is -1.87. The number of aryl methyl sites for hydroxylation is 2. The predicted octanol–water partition coefficient (Wildman–Crippen LogP) is 3.56. The summed E-state index contributed by atoms with van der Waals surface area (Å²) in [6.45, 7) is 1.87. The third-order valence-electron chi connectivity index (χ3n) is 3.85. The van der Waals surface area contributed by atoms with E-state index in [1.807, 2.05) is 31.2 Å². The van der Waals surface area contributed by atoms with E-state index in [-0.39, 0.29) is 11.9 Å². The molecule has 0 spiro atoms. The van der Waals surface area contributed by atoms with Crippen molar-refractivity contribution in [2.45, 2.75) is 32.0 Å². The Morgan fingerprint density at radius 2 is 2.00 bits per heavy atom. The molecule has 104 valence electrons. The topological polar surface area (TPSA) is 29.5 Å². The van der Waals surface area contributed by atoms with Crippen LogP contribution in [-0.2, 0) is 6.42 Å². The van der Waals surface area contributed by atoms with Crippen LogP contribution in [0.1, 0.15) is 29.2 Å². The van der Waals surface area contributed by atoms with Crippen molar-refractivity contribution < 1.29 is 14.2 Å². The Morgan fingerprint density at radius 3 is 2.85 bits per heavy atom. The summed E-state index contributed by atoms with van der Waals surface area (Å²) in [7, 11) is 0. The predicted molar refractivity (Wildman–Crippen MR) is 75.3 cm³/mol. The largest absolute Gasteiger partial charge is 0.487 e. The molecule has 2 unspecified atom stereocenters. The Kier molecular flexibility index (Phi) is 3.45. The van der Waals surface area contributed by atoms with Crippen molar-refractivity contribution in [2.75, 3.05) is 0 Å². The monoisotopic (exact) mass is 272 g/mol. The van der Waals surface area contributed by atoms with Crippen molar-refractivity contribution >= 4 is 0 Å². The molecule has 20 heavy (non-hydrogen) atoms. The van der Waals surface area contributed by atoms with E-state index in [0.717, 1.165) is 29.5 Å². The smallest absolute Gasteiger partial charge is 0.129 e. The van der Waals surface area contributed by atoms with Gasteiger partial charge in [0, 0.05) is 6.07 Å². The molecular formula is C17H17FO2. The number of fused-ring (bicyclic) bond motifs is 1. The summed E-state index contributed by atoms with van der Waals surface area (Å²) in [5.74, 6) is 0.185. The minimum Gasteiger partial charge on any atom is -0.487 e. The van der Waals surface area contributed by atoms with Gasteiger partial charge in [-0.25, -0.2) is 4.39 Å². The van der Waals surface area contributed by atoms with E-state index in [2.05, 4.69) is 0 Å². The van der Waals surface area contributed by atoms with E-state index in [1.54, 1.807) is 6.07 Å². The fourth-order valence-electron chi connectivity index (χ4n) is 2.69. The van der Waals surface area contributed by atoms with E-state index in [4.69, 9.17) is 4.74 Å². The quantitative estimate of drug-likeness (QED) is 0.905. The van der Waals surface area contributed by atoms with E-state index < -0.39 is 6.10 Å². The molecule has 0 aromatic heterocycles. The summed E-state index contributed by atoms with van der Waals surface area (Å²) in [4.78, 5) is 0. The van der Waals surface area contributed by atoms with E-state index in [0.29, 0.717) is 5.75 Å². The SMILES string of the molecule is Cc1ccc(F)cc1OC1CCc2ccccc2C1O. The second-order valence-corrected chi connectivity index (χ2v) is 5.25.